The lowest BCUT2D eigenvalue weighted by Gasteiger charge is -2.11. The zero-order chi connectivity index (χ0) is 25.8. The highest BCUT2D eigenvalue weighted by molar-refractivity contribution is 7.16. The number of ether oxygens (including phenoxy) is 2. The zero-order valence-electron chi connectivity index (χ0n) is 20.5. The van der Waals surface area contributed by atoms with E-state index < -0.39 is 17.4 Å². The van der Waals surface area contributed by atoms with E-state index in [-0.39, 0.29) is 24.3 Å². The third-order valence-electron chi connectivity index (χ3n) is 5.57. The van der Waals surface area contributed by atoms with E-state index in [4.69, 9.17) is 9.47 Å². The molecule has 4 aromatic rings. The first-order valence-electron chi connectivity index (χ1n) is 11.6. The number of aromatic nitrogens is 2. The van der Waals surface area contributed by atoms with Crippen LogP contribution in [0.3, 0.4) is 0 Å². The first-order valence-corrected chi connectivity index (χ1v) is 12.5. The van der Waals surface area contributed by atoms with Gasteiger partial charge in [0.15, 0.2) is 12.3 Å². The van der Waals surface area contributed by atoms with Crippen LogP contribution in [0.1, 0.15) is 48.3 Å². The first-order chi connectivity index (χ1) is 17.3. The van der Waals surface area contributed by atoms with Crippen molar-refractivity contribution < 1.29 is 19.1 Å². The molecule has 2 aromatic heterocycles. The van der Waals surface area contributed by atoms with Crippen molar-refractivity contribution in [2.75, 3.05) is 18.5 Å². The van der Waals surface area contributed by atoms with Gasteiger partial charge in [0, 0.05) is 10.8 Å². The van der Waals surface area contributed by atoms with Crippen LogP contribution in [-0.2, 0) is 9.53 Å². The second kappa shape index (κ2) is 10.7. The molecule has 0 bridgehead atoms. The van der Waals surface area contributed by atoms with Crippen LogP contribution in [-0.4, -0.2) is 34.9 Å². The minimum atomic E-state index is -0.645. The van der Waals surface area contributed by atoms with E-state index in [0.29, 0.717) is 27.7 Å². The van der Waals surface area contributed by atoms with Crippen molar-refractivity contribution in [3.8, 4) is 11.4 Å². The quantitative estimate of drug-likeness (QED) is 0.336. The molecule has 1 N–H and O–H groups in total. The van der Waals surface area contributed by atoms with E-state index in [1.807, 2.05) is 31.2 Å². The number of nitrogens with one attached hydrogen (secondary N) is 1. The normalized spacial score (nSPS) is 11.0. The lowest BCUT2D eigenvalue weighted by Crippen LogP contribution is -2.26. The SMILES string of the molecule is CCOC(=O)c1nn(-c2ccc(C(C)C)cc2)c(=O)c2c(NC(=O)COc3ccc(C)cc3)scc12. The third kappa shape index (κ3) is 5.31. The van der Waals surface area contributed by atoms with Gasteiger partial charge in [0.05, 0.1) is 17.7 Å². The van der Waals surface area contributed by atoms with Crippen molar-refractivity contribution in [1.82, 2.24) is 9.78 Å². The molecule has 0 spiro atoms. The summed E-state index contributed by atoms with van der Waals surface area (Å²) < 4.78 is 11.9. The molecule has 0 aliphatic rings. The fourth-order valence-corrected chi connectivity index (χ4v) is 4.57. The van der Waals surface area contributed by atoms with Crippen LogP contribution in [0.4, 0.5) is 5.00 Å². The maximum atomic E-state index is 13.5. The summed E-state index contributed by atoms with van der Waals surface area (Å²) in [7, 11) is 0. The number of thiophene rings is 1. The van der Waals surface area contributed by atoms with Gasteiger partial charge in [-0.2, -0.15) is 9.78 Å². The predicted octanol–water partition coefficient (Wildman–Crippen LogP) is 5.07. The second-order valence-corrected chi connectivity index (χ2v) is 9.42. The number of hydrogen-bond donors (Lipinski definition) is 1. The Morgan fingerprint density at radius 3 is 2.42 bits per heavy atom. The molecule has 0 aliphatic heterocycles. The molecule has 1 amide bonds. The Bertz CT molecular complexity index is 1450. The number of nitrogens with zero attached hydrogens (tertiary/aromatic N) is 2. The number of amides is 1. The molecule has 0 fully saturated rings. The minimum Gasteiger partial charge on any atom is -0.484 e. The van der Waals surface area contributed by atoms with Gasteiger partial charge in [-0.3, -0.25) is 9.59 Å². The number of aryl methyl sites for hydroxylation is 1. The summed E-state index contributed by atoms with van der Waals surface area (Å²) in [5, 5.41) is 9.54. The molecule has 0 atom stereocenters. The molecule has 2 heterocycles. The first kappa shape index (κ1) is 25.1. The number of carbonyl (C=O) groups is 2. The molecular formula is C27H27N3O5S. The fraction of sp³-hybridized carbons (Fsp3) is 0.259. The number of esters is 1. The largest absolute Gasteiger partial charge is 0.484 e. The van der Waals surface area contributed by atoms with E-state index in [1.165, 1.54) is 4.68 Å². The molecule has 0 radical (unpaired) electrons. The fourth-order valence-electron chi connectivity index (χ4n) is 3.61. The smallest absolute Gasteiger partial charge is 0.359 e. The van der Waals surface area contributed by atoms with E-state index >= 15 is 0 Å². The van der Waals surface area contributed by atoms with Gasteiger partial charge in [0.1, 0.15) is 10.8 Å². The van der Waals surface area contributed by atoms with E-state index in [0.717, 1.165) is 22.5 Å². The highest BCUT2D eigenvalue weighted by atomic mass is 32.1. The summed E-state index contributed by atoms with van der Waals surface area (Å²) in [6.07, 6.45) is 0. The van der Waals surface area contributed by atoms with Crippen molar-refractivity contribution in [3.05, 3.63) is 81.1 Å². The van der Waals surface area contributed by atoms with Crippen LogP contribution >= 0.6 is 11.3 Å². The summed E-state index contributed by atoms with van der Waals surface area (Å²) in [4.78, 5) is 38.9. The Morgan fingerprint density at radius 1 is 1.08 bits per heavy atom. The molecule has 186 valence electrons. The highest BCUT2D eigenvalue weighted by Crippen LogP contribution is 2.31. The van der Waals surface area contributed by atoms with Crippen LogP contribution in [0, 0.1) is 6.92 Å². The molecule has 0 aliphatic carbocycles. The monoisotopic (exact) mass is 505 g/mol. The molecule has 0 saturated heterocycles. The van der Waals surface area contributed by atoms with Crippen molar-refractivity contribution in [3.63, 3.8) is 0 Å². The molecule has 9 heteroatoms. The van der Waals surface area contributed by atoms with Crippen LogP contribution in [0.5, 0.6) is 5.75 Å². The van der Waals surface area contributed by atoms with Gasteiger partial charge < -0.3 is 14.8 Å². The van der Waals surface area contributed by atoms with E-state index in [2.05, 4.69) is 24.3 Å². The Labute approximate surface area is 212 Å². The van der Waals surface area contributed by atoms with Crippen LogP contribution in [0.15, 0.2) is 58.7 Å². The molecule has 2 aromatic carbocycles. The Morgan fingerprint density at radius 2 is 1.78 bits per heavy atom. The lowest BCUT2D eigenvalue weighted by atomic mass is 10.0. The molecular weight excluding hydrogens is 478 g/mol. The number of carbonyl (C=O) groups excluding carboxylic acids is 2. The Hall–Kier alpha value is -3.98. The molecule has 8 nitrogen and oxygen atoms in total. The maximum absolute atomic E-state index is 13.5. The van der Waals surface area contributed by atoms with Crippen LogP contribution in [0.25, 0.3) is 16.5 Å². The van der Waals surface area contributed by atoms with Gasteiger partial charge in [0.2, 0.25) is 0 Å². The summed E-state index contributed by atoms with van der Waals surface area (Å²) in [5.74, 6) is -0.190. The Kier molecular flexibility index (Phi) is 7.49. The standard InChI is InChI=1S/C27H27N3O5S/c1-5-34-27(33)24-21-15-36-25(28-22(31)14-35-20-12-6-17(4)7-13-20)23(21)26(32)30(29-24)19-10-8-18(9-11-19)16(2)3/h6-13,15-16H,5,14H2,1-4H3,(H,28,31). The van der Waals surface area contributed by atoms with Crippen LogP contribution in [0.2, 0.25) is 0 Å². The summed E-state index contributed by atoms with van der Waals surface area (Å²) in [5.41, 5.74) is 2.25. The van der Waals surface area contributed by atoms with Gasteiger partial charge in [0.25, 0.3) is 11.5 Å². The van der Waals surface area contributed by atoms with Gasteiger partial charge >= 0.3 is 5.97 Å². The number of anilines is 1. The van der Waals surface area contributed by atoms with Crippen molar-refractivity contribution in [2.24, 2.45) is 0 Å². The van der Waals surface area contributed by atoms with Crippen molar-refractivity contribution in [2.45, 2.75) is 33.6 Å². The molecule has 36 heavy (non-hydrogen) atoms. The molecule has 0 saturated carbocycles. The average molecular weight is 506 g/mol. The van der Waals surface area contributed by atoms with Gasteiger partial charge in [-0.15, -0.1) is 11.3 Å². The topological polar surface area (TPSA) is 99.5 Å². The number of rotatable bonds is 8. The van der Waals surface area contributed by atoms with Crippen LogP contribution < -0.4 is 15.6 Å². The summed E-state index contributed by atoms with van der Waals surface area (Å²) in [6, 6.07) is 14.7. The number of fused-ring (bicyclic) bond motifs is 1. The van der Waals surface area contributed by atoms with E-state index in [1.54, 1.807) is 36.6 Å². The summed E-state index contributed by atoms with van der Waals surface area (Å²) >= 11 is 1.14. The second-order valence-electron chi connectivity index (χ2n) is 8.54. The number of hydrogen-bond acceptors (Lipinski definition) is 7. The lowest BCUT2D eigenvalue weighted by molar-refractivity contribution is -0.118. The highest BCUT2D eigenvalue weighted by Gasteiger charge is 2.23. The Balaban J connectivity index is 1.71. The van der Waals surface area contributed by atoms with Crippen molar-refractivity contribution >= 4 is 39.0 Å². The van der Waals surface area contributed by atoms with Gasteiger partial charge in [-0.1, -0.05) is 43.7 Å². The summed E-state index contributed by atoms with van der Waals surface area (Å²) in [6.45, 7) is 7.74. The van der Waals surface area contributed by atoms with Gasteiger partial charge in [-0.05, 0) is 49.6 Å². The maximum Gasteiger partial charge on any atom is 0.359 e. The number of benzene rings is 2. The zero-order valence-corrected chi connectivity index (χ0v) is 21.3. The van der Waals surface area contributed by atoms with E-state index in [9.17, 15) is 14.4 Å². The van der Waals surface area contributed by atoms with Crippen molar-refractivity contribution in [1.29, 1.82) is 0 Å². The average Bonchev–Trinajstić information content (AvgIpc) is 3.28. The minimum absolute atomic E-state index is 0.00652. The molecule has 0 unspecified atom stereocenters. The molecule has 4 rings (SSSR count). The van der Waals surface area contributed by atoms with Gasteiger partial charge in [-0.25, -0.2) is 4.79 Å². The third-order valence-corrected chi connectivity index (χ3v) is 6.46. The predicted molar refractivity (Wildman–Crippen MR) is 141 cm³/mol.